The molecule has 1 aliphatic heterocycles. The summed E-state index contributed by atoms with van der Waals surface area (Å²) in [5, 5.41) is 0.670. The molecule has 1 fully saturated rings. The topological polar surface area (TPSA) is 35.5 Å². The molecule has 3 nitrogen and oxygen atoms in total. The van der Waals surface area contributed by atoms with Crippen LogP contribution in [-0.4, -0.2) is 24.6 Å². The van der Waals surface area contributed by atoms with Gasteiger partial charge in [0, 0.05) is 16.5 Å². The van der Waals surface area contributed by atoms with E-state index in [1.165, 1.54) is 5.56 Å². The SMILES string of the molecule is COc1cc(C2SCCS2)ccc1OC(=O)CCc1ccccc1Cl. The second-order valence-electron chi connectivity index (χ2n) is 5.55. The minimum atomic E-state index is -0.296. The number of carbonyl (C=O) groups excluding carboxylic acids is 1. The van der Waals surface area contributed by atoms with Gasteiger partial charge in [-0.15, -0.1) is 23.5 Å². The highest BCUT2D eigenvalue weighted by Crippen LogP contribution is 2.46. The molecule has 0 aromatic heterocycles. The third-order valence-corrected chi connectivity index (χ3v) is 7.33. The Morgan fingerprint density at radius 2 is 1.92 bits per heavy atom. The summed E-state index contributed by atoms with van der Waals surface area (Å²) in [5.74, 6) is 3.09. The molecule has 0 radical (unpaired) electrons. The molecule has 0 atom stereocenters. The predicted octanol–water partition coefficient (Wildman–Crippen LogP) is 5.37. The number of rotatable bonds is 6. The van der Waals surface area contributed by atoms with Gasteiger partial charge in [0.2, 0.25) is 0 Å². The van der Waals surface area contributed by atoms with Crippen LogP contribution in [0.1, 0.15) is 22.1 Å². The van der Waals surface area contributed by atoms with Crippen molar-refractivity contribution in [1.82, 2.24) is 0 Å². The number of methoxy groups -OCH3 is 1. The zero-order valence-electron chi connectivity index (χ0n) is 13.9. The van der Waals surface area contributed by atoms with E-state index in [1.54, 1.807) is 7.11 Å². The standard InChI is InChI=1S/C19H19ClO3S2/c1-22-17-12-14(19-24-10-11-25-19)6-8-16(17)23-18(21)9-7-13-4-2-3-5-15(13)20/h2-6,8,12,19H,7,9-11H2,1H3. The number of halogens is 1. The normalized spacial score (nSPS) is 14.5. The molecule has 0 aliphatic carbocycles. The van der Waals surface area contributed by atoms with E-state index in [0.717, 1.165) is 17.1 Å². The number of esters is 1. The Balaban J connectivity index is 1.63. The van der Waals surface area contributed by atoms with Gasteiger partial charge < -0.3 is 9.47 Å². The molecule has 0 unspecified atom stereocenters. The molecule has 0 amide bonds. The smallest absolute Gasteiger partial charge is 0.311 e. The molecule has 0 spiro atoms. The predicted molar refractivity (Wildman–Crippen MR) is 106 cm³/mol. The van der Waals surface area contributed by atoms with Crippen molar-refractivity contribution >= 4 is 41.1 Å². The third-order valence-electron chi connectivity index (χ3n) is 3.86. The largest absolute Gasteiger partial charge is 0.493 e. The minimum Gasteiger partial charge on any atom is -0.493 e. The molecule has 2 aromatic carbocycles. The summed E-state index contributed by atoms with van der Waals surface area (Å²) < 4.78 is 11.3. The van der Waals surface area contributed by atoms with Gasteiger partial charge in [0.1, 0.15) is 0 Å². The number of carbonyl (C=O) groups is 1. The van der Waals surface area contributed by atoms with Gasteiger partial charge in [-0.1, -0.05) is 35.9 Å². The Hall–Kier alpha value is -1.30. The Morgan fingerprint density at radius 3 is 2.64 bits per heavy atom. The fourth-order valence-electron chi connectivity index (χ4n) is 2.58. The van der Waals surface area contributed by atoms with E-state index in [2.05, 4.69) is 0 Å². The van der Waals surface area contributed by atoms with Gasteiger partial charge >= 0.3 is 5.97 Å². The van der Waals surface area contributed by atoms with Gasteiger partial charge in [-0.3, -0.25) is 4.79 Å². The zero-order chi connectivity index (χ0) is 17.6. The molecule has 1 aliphatic rings. The second kappa shape index (κ2) is 8.88. The number of aryl methyl sites for hydroxylation is 1. The zero-order valence-corrected chi connectivity index (χ0v) is 16.3. The molecule has 0 saturated carbocycles. The van der Waals surface area contributed by atoms with Crippen LogP contribution in [0.5, 0.6) is 11.5 Å². The Kier molecular flexibility index (Phi) is 6.57. The highest BCUT2D eigenvalue weighted by molar-refractivity contribution is 8.19. The van der Waals surface area contributed by atoms with Crippen LogP contribution >= 0.6 is 35.1 Å². The number of hydrogen-bond donors (Lipinski definition) is 0. The first-order chi connectivity index (χ1) is 12.2. The van der Waals surface area contributed by atoms with Crippen molar-refractivity contribution in [2.24, 2.45) is 0 Å². The summed E-state index contributed by atoms with van der Waals surface area (Å²) in [6.07, 6.45) is 0.817. The molecule has 2 aromatic rings. The van der Waals surface area contributed by atoms with Crippen molar-refractivity contribution in [2.45, 2.75) is 17.4 Å². The van der Waals surface area contributed by atoms with Crippen molar-refractivity contribution in [3.63, 3.8) is 0 Å². The van der Waals surface area contributed by atoms with Gasteiger partial charge in [0.25, 0.3) is 0 Å². The molecular formula is C19H19ClO3S2. The summed E-state index contributed by atoms with van der Waals surface area (Å²) >= 11 is 9.98. The number of ether oxygens (including phenoxy) is 2. The summed E-state index contributed by atoms with van der Waals surface area (Å²) in [7, 11) is 1.59. The van der Waals surface area contributed by atoms with Crippen LogP contribution in [0.3, 0.4) is 0 Å². The van der Waals surface area contributed by atoms with E-state index >= 15 is 0 Å². The van der Waals surface area contributed by atoms with Crippen molar-refractivity contribution in [3.8, 4) is 11.5 Å². The van der Waals surface area contributed by atoms with Crippen molar-refractivity contribution in [3.05, 3.63) is 58.6 Å². The van der Waals surface area contributed by atoms with Crippen LogP contribution < -0.4 is 9.47 Å². The maximum Gasteiger partial charge on any atom is 0.311 e. The molecule has 1 saturated heterocycles. The molecule has 25 heavy (non-hydrogen) atoms. The molecule has 132 valence electrons. The lowest BCUT2D eigenvalue weighted by atomic mass is 10.1. The third kappa shape index (κ3) is 4.87. The highest BCUT2D eigenvalue weighted by Gasteiger charge is 2.20. The van der Waals surface area contributed by atoms with Gasteiger partial charge in [-0.25, -0.2) is 0 Å². The van der Waals surface area contributed by atoms with Crippen molar-refractivity contribution < 1.29 is 14.3 Å². The Bertz CT molecular complexity index is 745. The molecule has 0 N–H and O–H groups in total. The number of benzene rings is 2. The maximum atomic E-state index is 12.2. The number of thioether (sulfide) groups is 2. The summed E-state index contributed by atoms with van der Waals surface area (Å²) in [5.41, 5.74) is 2.14. The van der Waals surface area contributed by atoms with E-state index < -0.39 is 0 Å². The lowest BCUT2D eigenvalue weighted by Gasteiger charge is -2.13. The van der Waals surface area contributed by atoms with Crippen LogP contribution in [0.25, 0.3) is 0 Å². The van der Waals surface area contributed by atoms with Crippen LogP contribution in [0.15, 0.2) is 42.5 Å². The first kappa shape index (κ1) is 18.5. The fourth-order valence-corrected chi connectivity index (χ4v) is 5.65. The molecule has 6 heteroatoms. The van der Waals surface area contributed by atoms with Gasteiger partial charge in [-0.2, -0.15) is 0 Å². The van der Waals surface area contributed by atoms with E-state index in [0.29, 0.717) is 27.5 Å². The summed E-state index contributed by atoms with van der Waals surface area (Å²) in [6.45, 7) is 0. The van der Waals surface area contributed by atoms with Crippen LogP contribution in [0.4, 0.5) is 0 Å². The average molecular weight is 395 g/mol. The fraction of sp³-hybridized carbons (Fsp3) is 0.316. The van der Waals surface area contributed by atoms with Crippen molar-refractivity contribution in [1.29, 1.82) is 0 Å². The van der Waals surface area contributed by atoms with Gasteiger partial charge in [0.15, 0.2) is 11.5 Å². The monoisotopic (exact) mass is 394 g/mol. The summed E-state index contributed by atoms with van der Waals surface area (Å²) in [6, 6.07) is 13.3. The van der Waals surface area contributed by atoms with Crippen LogP contribution in [-0.2, 0) is 11.2 Å². The van der Waals surface area contributed by atoms with E-state index in [9.17, 15) is 4.79 Å². The minimum absolute atomic E-state index is 0.267. The van der Waals surface area contributed by atoms with Crippen molar-refractivity contribution in [2.75, 3.05) is 18.6 Å². The first-order valence-electron chi connectivity index (χ1n) is 8.02. The van der Waals surface area contributed by atoms with Crippen LogP contribution in [0.2, 0.25) is 5.02 Å². The molecule has 0 bridgehead atoms. The maximum absolute atomic E-state index is 12.2. The molecule has 3 rings (SSSR count). The van der Waals surface area contributed by atoms with E-state index in [4.69, 9.17) is 21.1 Å². The quantitative estimate of drug-likeness (QED) is 0.486. The highest BCUT2D eigenvalue weighted by atomic mass is 35.5. The van der Waals surface area contributed by atoms with E-state index in [-0.39, 0.29) is 12.4 Å². The molecular weight excluding hydrogens is 376 g/mol. The number of hydrogen-bond acceptors (Lipinski definition) is 5. The lowest BCUT2D eigenvalue weighted by molar-refractivity contribution is -0.134. The second-order valence-corrected chi connectivity index (χ2v) is 8.68. The summed E-state index contributed by atoms with van der Waals surface area (Å²) in [4.78, 5) is 12.2. The average Bonchev–Trinajstić information content (AvgIpc) is 3.16. The Labute approximate surface area is 161 Å². The van der Waals surface area contributed by atoms with Gasteiger partial charge in [0.05, 0.1) is 18.1 Å². The lowest BCUT2D eigenvalue weighted by Crippen LogP contribution is -2.10. The van der Waals surface area contributed by atoms with E-state index in [1.807, 2.05) is 66.0 Å². The van der Waals surface area contributed by atoms with Crippen LogP contribution in [0, 0.1) is 0 Å². The first-order valence-corrected chi connectivity index (χ1v) is 10.5. The molecule has 1 heterocycles. The Morgan fingerprint density at radius 1 is 1.16 bits per heavy atom. The van der Waals surface area contributed by atoms with Gasteiger partial charge in [-0.05, 0) is 35.7 Å².